The third-order valence-electron chi connectivity index (χ3n) is 5.34. The first-order chi connectivity index (χ1) is 7.47. The Bertz CT molecular complexity index is 338. The van der Waals surface area contributed by atoms with Crippen LogP contribution in [-0.4, -0.2) is 22.9 Å². The smallest absolute Gasteiger partial charge is 0.0808 e. The molecule has 2 aliphatic heterocycles. The lowest BCUT2D eigenvalue weighted by Crippen LogP contribution is -2.59. The minimum absolute atomic E-state index is 0.0462. The second-order valence-electron chi connectivity index (χ2n) is 6.45. The number of fused-ring (bicyclic) bond motifs is 1. The third-order valence-corrected chi connectivity index (χ3v) is 5.34. The van der Waals surface area contributed by atoms with Crippen molar-refractivity contribution in [2.45, 2.75) is 63.8 Å². The van der Waals surface area contributed by atoms with E-state index in [9.17, 15) is 5.11 Å². The van der Waals surface area contributed by atoms with E-state index < -0.39 is 0 Å². The van der Waals surface area contributed by atoms with E-state index in [1.165, 1.54) is 5.57 Å². The summed E-state index contributed by atoms with van der Waals surface area (Å²) in [6.45, 7) is 8.61. The largest absolute Gasteiger partial charge is 0.392 e. The van der Waals surface area contributed by atoms with E-state index in [1.807, 2.05) is 0 Å². The normalized spacial score (nSPS) is 56.2. The van der Waals surface area contributed by atoms with Crippen LogP contribution in [0.25, 0.3) is 0 Å². The molecule has 3 fully saturated rings. The molecule has 2 heterocycles. The zero-order valence-electron chi connectivity index (χ0n) is 10.3. The van der Waals surface area contributed by atoms with Crippen molar-refractivity contribution in [2.75, 3.05) is 0 Å². The molecule has 0 aromatic heterocycles. The molecule has 2 saturated heterocycles. The molecule has 1 spiro atoms. The Morgan fingerprint density at radius 3 is 3.00 bits per heavy atom. The molecule has 0 aromatic rings. The molecule has 0 aromatic carbocycles. The fourth-order valence-electron chi connectivity index (χ4n) is 4.25. The first-order valence-electron chi connectivity index (χ1n) is 6.50. The van der Waals surface area contributed by atoms with Crippen LogP contribution in [0.15, 0.2) is 12.2 Å². The van der Waals surface area contributed by atoms with Crippen molar-refractivity contribution in [2.24, 2.45) is 11.3 Å². The predicted molar refractivity (Wildman–Crippen MR) is 63.1 cm³/mol. The van der Waals surface area contributed by atoms with Gasteiger partial charge in [0, 0.05) is 11.8 Å². The summed E-state index contributed by atoms with van der Waals surface area (Å²) in [7, 11) is 0. The fraction of sp³-hybridized carbons (Fsp3) is 0.857. The number of ether oxygens (including phenoxy) is 1. The van der Waals surface area contributed by atoms with Crippen LogP contribution in [-0.2, 0) is 4.74 Å². The lowest BCUT2D eigenvalue weighted by atomic mass is 9.57. The van der Waals surface area contributed by atoms with Crippen LogP contribution in [0.1, 0.15) is 46.0 Å². The summed E-state index contributed by atoms with van der Waals surface area (Å²) in [5.41, 5.74) is 1.10. The van der Waals surface area contributed by atoms with Gasteiger partial charge in [-0.05, 0) is 37.2 Å². The molecule has 3 aliphatic rings. The maximum Gasteiger partial charge on any atom is 0.0808 e. The zero-order chi connectivity index (χ0) is 11.6. The number of aliphatic hydroxyl groups excluding tert-OH is 1. The highest BCUT2D eigenvalue weighted by molar-refractivity contribution is 5.24. The molecule has 0 amide bonds. The van der Waals surface area contributed by atoms with E-state index in [1.54, 1.807) is 0 Å². The second-order valence-corrected chi connectivity index (χ2v) is 6.45. The third kappa shape index (κ3) is 1.15. The zero-order valence-corrected chi connectivity index (χ0v) is 10.3. The van der Waals surface area contributed by atoms with Crippen LogP contribution in [0.2, 0.25) is 0 Å². The van der Waals surface area contributed by atoms with Gasteiger partial charge in [-0.25, -0.2) is 0 Å². The Morgan fingerprint density at radius 1 is 1.50 bits per heavy atom. The van der Waals surface area contributed by atoms with Crippen LogP contribution in [0.4, 0.5) is 0 Å². The van der Waals surface area contributed by atoms with Crippen LogP contribution < -0.4 is 0 Å². The Labute approximate surface area is 97.7 Å². The van der Waals surface area contributed by atoms with E-state index >= 15 is 0 Å². The van der Waals surface area contributed by atoms with Gasteiger partial charge in [-0.15, -0.1) is 0 Å². The monoisotopic (exact) mass is 222 g/mol. The molecular weight excluding hydrogens is 200 g/mol. The van der Waals surface area contributed by atoms with Crippen molar-refractivity contribution in [3.05, 3.63) is 12.2 Å². The molecule has 5 atom stereocenters. The van der Waals surface area contributed by atoms with E-state index in [-0.39, 0.29) is 23.2 Å². The molecule has 3 rings (SSSR count). The first-order valence-corrected chi connectivity index (χ1v) is 6.50. The van der Waals surface area contributed by atoms with Gasteiger partial charge in [0.1, 0.15) is 0 Å². The van der Waals surface area contributed by atoms with Crippen molar-refractivity contribution in [1.82, 2.24) is 0 Å². The van der Waals surface area contributed by atoms with Crippen molar-refractivity contribution in [1.29, 1.82) is 0 Å². The topological polar surface area (TPSA) is 29.5 Å². The quantitative estimate of drug-likeness (QED) is 0.638. The van der Waals surface area contributed by atoms with Crippen molar-refractivity contribution >= 4 is 0 Å². The number of hydrogen-bond acceptors (Lipinski definition) is 2. The molecule has 16 heavy (non-hydrogen) atoms. The van der Waals surface area contributed by atoms with E-state index in [4.69, 9.17) is 4.74 Å². The van der Waals surface area contributed by atoms with Gasteiger partial charge in [0.05, 0.1) is 17.8 Å². The van der Waals surface area contributed by atoms with Crippen LogP contribution >= 0.6 is 0 Å². The van der Waals surface area contributed by atoms with E-state index in [0.29, 0.717) is 5.92 Å². The fourth-order valence-corrected chi connectivity index (χ4v) is 4.25. The summed E-state index contributed by atoms with van der Waals surface area (Å²) in [4.78, 5) is 0. The summed E-state index contributed by atoms with van der Waals surface area (Å²) in [6, 6.07) is 0. The summed E-state index contributed by atoms with van der Waals surface area (Å²) >= 11 is 0. The Hall–Kier alpha value is -0.340. The predicted octanol–water partition coefficient (Wildman–Crippen LogP) is 2.66. The molecular formula is C14H22O2. The summed E-state index contributed by atoms with van der Waals surface area (Å²) in [5, 5.41) is 10.4. The Morgan fingerprint density at radius 2 is 2.25 bits per heavy atom. The van der Waals surface area contributed by atoms with Crippen LogP contribution in [0, 0.1) is 11.3 Å². The van der Waals surface area contributed by atoms with Crippen LogP contribution in [0.5, 0.6) is 0 Å². The molecule has 90 valence electrons. The Balaban J connectivity index is 2.03. The number of rotatable bonds is 0. The average Bonchev–Trinajstić information content (AvgIpc) is 2.45. The highest BCUT2D eigenvalue weighted by atomic mass is 16.5. The minimum Gasteiger partial charge on any atom is -0.392 e. The molecule has 1 aliphatic carbocycles. The Kier molecular flexibility index (Phi) is 2.10. The van der Waals surface area contributed by atoms with Crippen LogP contribution in [0.3, 0.4) is 0 Å². The highest BCUT2D eigenvalue weighted by Crippen LogP contribution is 2.61. The van der Waals surface area contributed by atoms with Gasteiger partial charge in [0.2, 0.25) is 0 Å². The van der Waals surface area contributed by atoms with Gasteiger partial charge >= 0.3 is 0 Å². The molecule has 2 heteroatoms. The molecule has 2 nitrogen and oxygen atoms in total. The highest BCUT2D eigenvalue weighted by Gasteiger charge is 2.63. The second kappa shape index (κ2) is 3.11. The maximum atomic E-state index is 10.4. The van der Waals surface area contributed by atoms with Gasteiger partial charge < -0.3 is 9.84 Å². The van der Waals surface area contributed by atoms with Gasteiger partial charge in [-0.3, -0.25) is 0 Å². The van der Waals surface area contributed by atoms with Crippen molar-refractivity contribution in [3.63, 3.8) is 0 Å². The van der Waals surface area contributed by atoms with Gasteiger partial charge in [0.15, 0.2) is 0 Å². The van der Waals surface area contributed by atoms with Gasteiger partial charge in [-0.2, -0.15) is 0 Å². The molecule has 0 radical (unpaired) electrons. The lowest BCUT2D eigenvalue weighted by Gasteiger charge is -2.56. The number of aliphatic hydroxyl groups is 1. The average molecular weight is 222 g/mol. The molecule has 1 saturated carbocycles. The van der Waals surface area contributed by atoms with E-state index in [2.05, 4.69) is 20.4 Å². The molecule has 2 bridgehead atoms. The molecule has 1 N–H and O–H groups in total. The lowest BCUT2D eigenvalue weighted by molar-refractivity contribution is -0.225. The number of hydrogen-bond donors (Lipinski definition) is 1. The summed E-state index contributed by atoms with van der Waals surface area (Å²) in [6.07, 6.45) is 5.19. The van der Waals surface area contributed by atoms with E-state index in [0.717, 1.165) is 32.1 Å². The maximum absolute atomic E-state index is 10.4. The SMILES string of the molecule is C=C1C[C@@]23C[C@@H](C)C[C@@H](O)[C@@]2(C)CC[C@@H]1O3. The standard InChI is InChI=1S/C14H22O2/c1-9-6-12(15)13(3)5-4-11-10(2)8-14(13,7-9)16-11/h9,11-12,15H,2,4-8H2,1,3H3/t9-,11-,12+,13+,14-/m0/s1. The van der Waals surface area contributed by atoms with Gasteiger partial charge in [0.25, 0.3) is 0 Å². The van der Waals surface area contributed by atoms with Gasteiger partial charge in [-0.1, -0.05) is 20.4 Å². The first kappa shape index (κ1) is 10.8. The molecule has 0 unspecified atom stereocenters. The minimum atomic E-state index is -0.205. The van der Waals surface area contributed by atoms with Crippen molar-refractivity contribution in [3.8, 4) is 0 Å². The van der Waals surface area contributed by atoms with Crippen molar-refractivity contribution < 1.29 is 9.84 Å². The summed E-state index contributed by atoms with van der Waals surface area (Å²) in [5.74, 6) is 0.563. The summed E-state index contributed by atoms with van der Waals surface area (Å²) < 4.78 is 6.29.